The van der Waals surface area contributed by atoms with Crippen LogP contribution in [-0.2, 0) is 10.1 Å². The second-order valence-corrected chi connectivity index (χ2v) is 7.75. The van der Waals surface area contributed by atoms with Crippen molar-refractivity contribution in [1.82, 2.24) is 0 Å². The van der Waals surface area contributed by atoms with E-state index in [1.54, 1.807) is 42.5 Å². The van der Waals surface area contributed by atoms with Gasteiger partial charge in [-0.05, 0) is 55.5 Å². The average Bonchev–Trinajstić information content (AvgIpc) is 2.71. The Hall–Kier alpha value is -4.07. The number of hydrogen-bond acceptors (Lipinski definition) is 6. The Kier molecular flexibility index (Phi) is 7.57. The smallest absolute Gasteiger partial charge is 0.323 e. The van der Waals surface area contributed by atoms with Crippen LogP contribution in [-0.4, -0.2) is 24.1 Å². The molecule has 0 aromatic heterocycles. The van der Waals surface area contributed by atoms with Gasteiger partial charge in [0.15, 0.2) is 0 Å². The van der Waals surface area contributed by atoms with Gasteiger partial charge < -0.3 is 21.5 Å². The number of nitrogen functional groups attached to an aromatic ring is 1. The summed E-state index contributed by atoms with van der Waals surface area (Å²) in [4.78, 5) is 11.7. The van der Waals surface area contributed by atoms with Gasteiger partial charge in [0.25, 0.3) is 10.1 Å². The van der Waals surface area contributed by atoms with Crippen LogP contribution in [0.1, 0.15) is 11.1 Å². The summed E-state index contributed by atoms with van der Waals surface area (Å²) in [6, 6.07) is 18.3. The molecule has 0 heterocycles. The number of aromatic hydroxyl groups is 1. The van der Waals surface area contributed by atoms with Crippen molar-refractivity contribution >= 4 is 33.2 Å². The molecular weight excluding hydrogens is 420 g/mol. The molecule has 0 bridgehead atoms. The van der Waals surface area contributed by atoms with Crippen LogP contribution >= 0.6 is 0 Å². The number of anilines is 3. The molecule has 6 N–H and O–H groups in total. The minimum atomic E-state index is -4.02. The molecule has 9 nitrogen and oxygen atoms in total. The molecule has 0 unspecified atom stereocenters. The van der Waals surface area contributed by atoms with Gasteiger partial charge in [-0.15, -0.1) is 0 Å². The molecule has 10 heteroatoms. The third-order valence-electron chi connectivity index (χ3n) is 3.86. The maximum absolute atomic E-state index is 11.7. The molecule has 160 valence electrons. The number of hydrogen-bond donors (Lipinski definition) is 5. The van der Waals surface area contributed by atoms with Crippen molar-refractivity contribution in [1.29, 1.82) is 5.26 Å². The van der Waals surface area contributed by atoms with E-state index in [1.165, 1.54) is 24.3 Å². The number of amides is 2. The number of phenolic OH excluding ortho intramolecular Hbond substituents is 1. The molecule has 0 atom stereocenters. The van der Waals surface area contributed by atoms with Crippen LogP contribution < -0.4 is 16.4 Å². The van der Waals surface area contributed by atoms with Crippen LogP contribution in [0, 0.1) is 18.3 Å². The van der Waals surface area contributed by atoms with E-state index in [0.717, 1.165) is 5.56 Å². The molecule has 0 saturated heterocycles. The Balaban J connectivity index is 0.000000262. The average molecular weight is 440 g/mol. The van der Waals surface area contributed by atoms with Gasteiger partial charge in [-0.1, -0.05) is 17.7 Å². The SMILES string of the molecule is Cc1ccc(S(=O)(=O)O)cc1.N#Cc1ccc(NC(=O)Nc2ccc(N)cc2O)cc1. The van der Waals surface area contributed by atoms with E-state index < -0.39 is 16.1 Å². The zero-order valence-electron chi connectivity index (χ0n) is 16.4. The lowest BCUT2D eigenvalue weighted by Gasteiger charge is -2.09. The quantitative estimate of drug-likeness (QED) is 0.235. The fourth-order valence-electron chi connectivity index (χ4n) is 2.28. The van der Waals surface area contributed by atoms with Crippen LogP contribution in [0.25, 0.3) is 0 Å². The maximum atomic E-state index is 11.7. The molecule has 0 radical (unpaired) electrons. The Morgan fingerprint density at radius 1 is 1.00 bits per heavy atom. The predicted molar refractivity (Wildman–Crippen MR) is 117 cm³/mol. The highest BCUT2D eigenvalue weighted by atomic mass is 32.2. The standard InChI is InChI=1S/C14H12N4O2.C7H8O3S/c15-8-9-1-4-11(5-2-9)17-14(20)18-12-6-3-10(16)7-13(12)19;1-6-2-4-7(5-3-6)11(8,9)10/h1-7,19H,16H2,(H2,17,18,20);2-5H,1H3,(H,8,9,10). The van der Waals surface area contributed by atoms with Crippen LogP contribution in [0.5, 0.6) is 5.75 Å². The lowest BCUT2D eigenvalue weighted by atomic mass is 10.2. The molecule has 31 heavy (non-hydrogen) atoms. The minimum Gasteiger partial charge on any atom is -0.506 e. The molecule has 0 aliphatic carbocycles. The number of nitrogens with two attached hydrogens (primary N) is 1. The third kappa shape index (κ3) is 7.36. The zero-order chi connectivity index (χ0) is 23.0. The monoisotopic (exact) mass is 440 g/mol. The summed E-state index contributed by atoms with van der Waals surface area (Å²) in [5.41, 5.74) is 8.15. The summed E-state index contributed by atoms with van der Waals surface area (Å²) in [7, 11) is -4.02. The summed E-state index contributed by atoms with van der Waals surface area (Å²) in [5, 5.41) is 23.4. The van der Waals surface area contributed by atoms with Gasteiger partial charge >= 0.3 is 6.03 Å². The van der Waals surface area contributed by atoms with Gasteiger partial charge in [-0.25, -0.2) is 4.79 Å². The van der Waals surface area contributed by atoms with E-state index in [2.05, 4.69) is 10.6 Å². The van der Waals surface area contributed by atoms with Crippen molar-refractivity contribution in [2.75, 3.05) is 16.4 Å². The number of nitriles is 1. The Bertz CT molecular complexity index is 1200. The minimum absolute atomic E-state index is 0.0666. The zero-order valence-corrected chi connectivity index (χ0v) is 17.2. The summed E-state index contributed by atoms with van der Waals surface area (Å²) >= 11 is 0. The van der Waals surface area contributed by atoms with Crippen LogP contribution in [0.2, 0.25) is 0 Å². The number of urea groups is 1. The second-order valence-electron chi connectivity index (χ2n) is 6.33. The molecule has 0 saturated carbocycles. The third-order valence-corrected chi connectivity index (χ3v) is 4.73. The molecule has 0 spiro atoms. The van der Waals surface area contributed by atoms with Gasteiger partial charge in [0.2, 0.25) is 0 Å². The highest BCUT2D eigenvalue weighted by Crippen LogP contribution is 2.25. The molecule has 0 fully saturated rings. The fraction of sp³-hybridized carbons (Fsp3) is 0.0476. The number of nitrogens with zero attached hydrogens (tertiary/aromatic N) is 1. The van der Waals surface area contributed by atoms with Gasteiger partial charge in [-0.3, -0.25) is 4.55 Å². The van der Waals surface area contributed by atoms with Crippen molar-refractivity contribution < 1.29 is 22.9 Å². The molecule has 0 aliphatic rings. The Labute approximate surface area is 179 Å². The van der Waals surface area contributed by atoms with E-state index in [4.69, 9.17) is 15.5 Å². The van der Waals surface area contributed by atoms with Crippen molar-refractivity contribution in [3.63, 3.8) is 0 Å². The summed E-state index contributed by atoms with van der Waals surface area (Å²) in [6.45, 7) is 1.84. The lowest BCUT2D eigenvalue weighted by molar-refractivity contribution is 0.262. The topological polar surface area (TPSA) is 166 Å². The summed E-state index contributed by atoms with van der Waals surface area (Å²) in [6.07, 6.45) is 0. The van der Waals surface area contributed by atoms with Crippen LogP contribution in [0.4, 0.5) is 21.9 Å². The number of benzene rings is 3. The Morgan fingerprint density at radius 3 is 2.13 bits per heavy atom. The van der Waals surface area contributed by atoms with E-state index in [0.29, 0.717) is 16.9 Å². The second kappa shape index (κ2) is 10.1. The highest BCUT2D eigenvalue weighted by Gasteiger charge is 2.07. The first-order chi connectivity index (χ1) is 14.6. The molecule has 3 aromatic rings. The normalized spacial score (nSPS) is 10.2. The Morgan fingerprint density at radius 2 is 1.61 bits per heavy atom. The van der Waals surface area contributed by atoms with E-state index in [9.17, 15) is 18.3 Å². The highest BCUT2D eigenvalue weighted by molar-refractivity contribution is 7.85. The van der Waals surface area contributed by atoms with Crippen molar-refractivity contribution in [3.8, 4) is 11.8 Å². The van der Waals surface area contributed by atoms with Crippen LogP contribution in [0.3, 0.4) is 0 Å². The van der Waals surface area contributed by atoms with Gasteiger partial charge in [0.05, 0.1) is 22.2 Å². The van der Waals surface area contributed by atoms with Crippen LogP contribution in [0.15, 0.2) is 71.6 Å². The summed E-state index contributed by atoms with van der Waals surface area (Å²) < 4.78 is 29.6. The van der Waals surface area contributed by atoms with E-state index in [-0.39, 0.29) is 16.3 Å². The first kappa shape index (κ1) is 23.2. The van der Waals surface area contributed by atoms with E-state index in [1.807, 2.05) is 13.0 Å². The molecule has 3 aromatic carbocycles. The molecule has 3 rings (SSSR count). The van der Waals surface area contributed by atoms with Gasteiger partial charge in [-0.2, -0.15) is 13.7 Å². The first-order valence-corrected chi connectivity index (χ1v) is 10.2. The molecule has 0 aliphatic heterocycles. The maximum Gasteiger partial charge on any atom is 0.323 e. The fourth-order valence-corrected chi connectivity index (χ4v) is 2.76. The number of nitrogens with one attached hydrogen (secondary N) is 2. The lowest BCUT2D eigenvalue weighted by Crippen LogP contribution is -2.19. The van der Waals surface area contributed by atoms with E-state index >= 15 is 0 Å². The number of aryl methyl sites for hydroxylation is 1. The number of phenols is 1. The molecule has 2 amide bonds. The van der Waals surface area contributed by atoms with Crippen molar-refractivity contribution in [2.45, 2.75) is 11.8 Å². The number of carbonyl (C=O) groups excluding carboxylic acids is 1. The molecular formula is C21H20N4O5S. The first-order valence-electron chi connectivity index (χ1n) is 8.79. The predicted octanol–water partition coefficient (Wildman–Crippen LogP) is 3.73. The number of carbonyl (C=O) groups is 1. The largest absolute Gasteiger partial charge is 0.506 e. The van der Waals surface area contributed by atoms with Gasteiger partial charge in [0, 0.05) is 17.4 Å². The van der Waals surface area contributed by atoms with Crippen molar-refractivity contribution in [3.05, 3.63) is 77.9 Å². The number of rotatable bonds is 3. The summed E-state index contributed by atoms with van der Waals surface area (Å²) in [5.74, 6) is -0.111. The van der Waals surface area contributed by atoms with Crippen molar-refractivity contribution in [2.24, 2.45) is 0 Å². The van der Waals surface area contributed by atoms with Gasteiger partial charge in [0.1, 0.15) is 5.75 Å².